The maximum Gasteiger partial charge on any atom is 0.224 e. The Morgan fingerprint density at radius 1 is 1.36 bits per heavy atom. The number of carbonyl (C=O) groups is 1. The fourth-order valence-corrected chi connectivity index (χ4v) is 2.20. The first kappa shape index (κ1) is 18.7. The van der Waals surface area contributed by atoms with E-state index in [2.05, 4.69) is 31.4 Å². The number of benzene rings is 1. The lowest BCUT2D eigenvalue weighted by Crippen LogP contribution is -3.00. The van der Waals surface area contributed by atoms with Gasteiger partial charge in [0.25, 0.3) is 0 Å². The molecule has 0 aromatic heterocycles. The van der Waals surface area contributed by atoms with Crippen molar-refractivity contribution in [3.8, 4) is 5.75 Å². The van der Waals surface area contributed by atoms with Crippen LogP contribution in [0.3, 0.4) is 0 Å². The normalized spacial score (nSPS) is 15.4. The first-order chi connectivity index (χ1) is 9.85. The first-order valence-corrected chi connectivity index (χ1v) is 7.33. The zero-order valence-corrected chi connectivity index (χ0v) is 14.0. The van der Waals surface area contributed by atoms with Gasteiger partial charge in [-0.2, -0.15) is 0 Å². The highest BCUT2D eigenvalue weighted by atomic mass is 35.5. The van der Waals surface area contributed by atoms with E-state index in [1.807, 2.05) is 18.2 Å². The van der Waals surface area contributed by atoms with Crippen molar-refractivity contribution < 1.29 is 27.0 Å². The number of hydrogen-bond donors (Lipinski definition) is 3. The lowest BCUT2D eigenvalue weighted by molar-refractivity contribution is -0.116. The molecule has 1 aromatic rings. The maximum atomic E-state index is 11.4. The molecule has 0 fully saturated rings. The van der Waals surface area contributed by atoms with Crippen LogP contribution in [0.15, 0.2) is 18.2 Å². The number of aliphatic hydroxyl groups excluding tert-OH is 1. The number of halogens is 1. The van der Waals surface area contributed by atoms with Gasteiger partial charge >= 0.3 is 0 Å². The van der Waals surface area contributed by atoms with E-state index in [9.17, 15) is 9.90 Å². The van der Waals surface area contributed by atoms with Crippen molar-refractivity contribution in [3.63, 3.8) is 0 Å². The van der Waals surface area contributed by atoms with Gasteiger partial charge in [0.1, 0.15) is 18.5 Å². The average molecular weight is 328 g/mol. The highest BCUT2D eigenvalue weighted by Gasteiger charge is 2.19. The summed E-state index contributed by atoms with van der Waals surface area (Å²) in [5.74, 6) is 0.774. The standard InChI is InChI=1S/C16H24N2O3.ClH/c1-16(2,3)17-9-11(19)10-21-14-6-4-5-13-12(14)7-8-15(20)18-13;/h4-6,11,17,19H,7-10H2,1-3H3,(H,18,20);1H/p-1. The summed E-state index contributed by atoms with van der Waals surface area (Å²) in [6, 6.07) is 5.59. The minimum absolute atomic E-state index is 0. The number of β-amino-alcohol motifs (C(OH)–C–C–N with tert-alkyl or cyclic N) is 1. The third kappa shape index (κ3) is 5.48. The van der Waals surface area contributed by atoms with E-state index < -0.39 is 6.10 Å². The third-order valence-corrected chi connectivity index (χ3v) is 3.31. The van der Waals surface area contributed by atoms with Crippen LogP contribution < -0.4 is 27.8 Å². The Bertz CT molecular complexity index is 515. The van der Waals surface area contributed by atoms with Crippen molar-refractivity contribution in [2.45, 2.75) is 45.3 Å². The molecule has 3 N–H and O–H groups in total. The highest BCUT2D eigenvalue weighted by molar-refractivity contribution is 5.94. The summed E-state index contributed by atoms with van der Waals surface area (Å²) in [5.41, 5.74) is 1.79. The summed E-state index contributed by atoms with van der Waals surface area (Å²) in [6.45, 7) is 6.87. The Morgan fingerprint density at radius 3 is 2.77 bits per heavy atom. The van der Waals surface area contributed by atoms with Crippen LogP contribution >= 0.6 is 0 Å². The van der Waals surface area contributed by atoms with Crippen molar-refractivity contribution >= 4 is 11.6 Å². The van der Waals surface area contributed by atoms with Gasteiger partial charge in [0.05, 0.1) is 0 Å². The van der Waals surface area contributed by atoms with E-state index in [1.54, 1.807) is 0 Å². The van der Waals surface area contributed by atoms with Crippen molar-refractivity contribution in [1.29, 1.82) is 0 Å². The Balaban J connectivity index is 0.00000242. The number of rotatable bonds is 5. The Hall–Kier alpha value is -1.30. The van der Waals surface area contributed by atoms with Crippen LogP contribution in [-0.4, -0.2) is 35.8 Å². The van der Waals surface area contributed by atoms with E-state index >= 15 is 0 Å². The summed E-state index contributed by atoms with van der Waals surface area (Å²) in [4.78, 5) is 11.4. The van der Waals surface area contributed by atoms with Gasteiger partial charge in [0.15, 0.2) is 0 Å². The molecule has 0 aliphatic carbocycles. The molecule has 0 saturated carbocycles. The molecule has 6 heteroatoms. The highest BCUT2D eigenvalue weighted by Crippen LogP contribution is 2.31. The molecule has 1 aliphatic heterocycles. The van der Waals surface area contributed by atoms with Crippen molar-refractivity contribution in [2.75, 3.05) is 18.5 Å². The quantitative estimate of drug-likeness (QED) is 0.629. The summed E-state index contributed by atoms with van der Waals surface area (Å²) >= 11 is 0. The van der Waals surface area contributed by atoms with Crippen LogP contribution in [0.1, 0.15) is 32.8 Å². The van der Waals surface area contributed by atoms with E-state index in [-0.39, 0.29) is 30.5 Å². The molecule has 5 nitrogen and oxygen atoms in total. The number of ether oxygens (including phenoxy) is 1. The van der Waals surface area contributed by atoms with Gasteiger partial charge in [-0.3, -0.25) is 4.79 Å². The molecule has 1 heterocycles. The SMILES string of the molecule is CC(C)(C)NCC(O)COc1cccc2c1CCC(=O)N2.[Cl-]. The van der Waals surface area contributed by atoms with Crippen LogP contribution in [0.2, 0.25) is 0 Å². The minimum Gasteiger partial charge on any atom is -1.00 e. The van der Waals surface area contributed by atoms with E-state index in [0.29, 0.717) is 19.4 Å². The summed E-state index contributed by atoms with van der Waals surface area (Å²) < 4.78 is 5.73. The van der Waals surface area contributed by atoms with E-state index in [1.165, 1.54) is 0 Å². The number of carbonyl (C=O) groups excluding carboxylic acids is 1. The predicted molar refractivity (Wildman–Crippen MR) is 82.7 cm³/mol. The van der Waals surface area contributed by atoms with Gasteiger partial charge in [-0.25, -0.2) is 0 Å². The lowest BCUT2D eigenvalue weighted by Gasteiger charge is -2.24. The summed E-state index contributed by atoms with van der Waals surface area (Å²) in [6.07, 6.45) is 0.577. The Kier molecular flexibility index (Phi) is 6.66. The average Bonchev–Trinajstić information content (AvgIpc) is 2.41. The number of anilines is 1. The molecule has 2 rings (SSSR count). The summed E-state index contributed by atoms with van der Waals surface area (Å²) in [7, 11) is 0. The van der Waals surface area contributed by atoms with Crippen molar-refractivity contribution in [2.24, 2.45) is 0 Å². The van der Waals surface area contributed by atoms with Gasteiger partial charge in [-0.05, 0) is 39.3 Å². The van der Waals surface area contributed by atoms with Crippen LogP contribution in [-0.2, 0) is 11.2 Å². The van der Waals surface area contributed by atoms with E-state index in [4.69, 9.17) is 4.74 Å². The monoisotopic (exact) mass is 327 g/mol. The lowest BCUT2D eigenvalue weighted by atomic mass is 10.0. The predicted octanol–water partition coefficient (Wildman–Crippen LogP) is -1.30. The van der Waals surface area contributed by atoms with Gasteiger partial charge in [0.2, 0.25) is 5.91 Å². The van der Waals surface area contributed by atoms with Crippen LogP contribution in [0.25, 0.3) is 0 Å². The molecule has 1 atom stereocenters. The fraction of sp³-hybridized carbons (Fsp3) is 0.562. The second-order valence-electron chi connectivity index (χ2n) is 6.43. The smallest absolute Gasteiger partial charge is 0.224 e. The second-order valence-corrected chi connectivity index (χ2v) is 6.43. The molecular weight excluding hydrogens is 304 g/mol. The number of hydrogen-bond acceptors (Lipinski definition) is 4. The topological polar surface area (TPSA) is 70.6 Å². The van der Waals surface area contributed by atoms with Gasteiger partial charge < -0.3 is 32.9 Å². The molecule has 1 aliphatic rings. The Morgan fingerprint density at radius 2 is 2.09 bits per heavy atom. The largest absolute Gasteiger partial charge is 1.00 e. The number of amides is 1. The fourth-order valence-electron chi connectivity index (χ4n) is 2.20. The van der Waals surface area contributed by atoms with Crippen LogP contribution in [0, 0.1) is 0 Å². The van der Waals surface area contributed by atoms with Crippen LogP contribution in [0.5, 0.6) is 5.75 Å². The molecule has 0 radical (unpaired) electrons. The maximum absolute atomic E-state index is 11.4. The van der Waals surface area contributed by atoms with Gasteiger partial charge in [-0.1, -0.05) is 6.07 Å². The zero-order valence-electron chi connectivity index (χ0n) is 13.3. The molecule has 124 valence electrons. The minimum atomic E-state index is -0.571. The van der Waals surface area contributed by atoms with Gasteiger partial charge in [0, 0.05) is 29.8 Å². The molecule has 1 aromatic carbocycles. The summed E-state index contributed by atoms with van der Waals surface area (Å²) in [5, 5.41) is 16.0. The molecule has 22 heavy (non-hydrogen) atoms. The molecule has 1 amide bonds. The third-order valence-electron chi connectivity index (χ3n) is 3.31. The number of nitrogens with one attached hydrogen (secondary N) is 2. The first-order valence-electron chi connectivity index (χ1n) is 7.33. The van der Waals surface area contributed by atoms with Crippen LogP contribution in [0.4, 0.5) is 5.69 Å². The van der Waals surface area contributed by atoms with Crippen molar-refractivity contribution in [3.05, 3.63) is 23.8 Å². The molecule has 0 bridgehead atoms. The second kappa shape index (κ2) is 7.81. The molecule has 0 spiro atoms. The number of fused-ring (bicyclic) bond motifs is 1. The van der Waals surface area contributed by atoms with Crippen molar-refractivity contribution in [1.82, 2.24) is 5.32 Å². The molecule has 1 unspecified atom stereocenters. The molecular formula is C16H24ClN2O3-. The van der Waals surface area contributed by atoms with E-state index in [0.717, 1.165) is 17.0 Å². The number of aliphatic hydroxyl groups is 1. The molecule has 0 saturated heterocycles. The Labute approximate surface area is 137 Å². The van der Waals surface area contributed by atoms with Gasteiger partial charge in [-0.15, -0.1) is 0 Å². The zero-order chi connectivity index (χ0) is 15.5.